The highest BCUT2D eigenvalue weighted by Crippen LogP contribution is 2.26. The van der Waals surface area contributed by atoms with E-state index in [0.717, 1.165) is 61.7 Å². The monoisotopic (exact) mass is 382 g/mol. The minimum absolute atomic E-state index is 0.0416. The van der Waals surface area contributed by atoms with E-state index < -0.39 is 0 Å². The van der Waals surface area contributed by atoms with Gasteiger partial charge in [0.25, 0.3) is 5.91 Å². The van der Waals surface area contributed by atoms with Crippen LogP contribution in [0.5, 0.6) is 5.75 Å². The fourth-order valence-corrected chi connectivity index (χ4v) is 4.57. The molecule has 1 aliphatic carbocycles. The molecule has 28 heavy (non-hydrogen) atoms. The minimum atomic E-state index is -0.185. The van der Waals surface area contributed by atoms with E-state index in [1.165, 1.54) is 6.42 Å². The second-order valence-electron chi connectivity index (χ2n) is 8.09. The van der Waals surface area contributed by atoms with Crippen LogP contribution in [-0.2, 0) is 4.79 Å². The lowest BCUT2D eigenvalue weighted by Crippen LogP contribution is -2.52. The number of rotatable bonds is 5. The topological polar surface area (TPSA) is 61.8 Å². The van der Waals surface area contributed by atoms with Gasteiger partial charge in [0.2, 0.25) is 0 Å². The first kappa shape index (κ1) is 19.2. The van der Waals surface area contributed by atoms with Crippen molar-refractivity contribution in [1.29, 1.82) is 0 Å². The summed E-state index contributed by atoms with van der Waals surface area (Å²) in [7, 11) is 0. The van der Waals surface area contributed by atoms with E-state index in [2.05, 4.69) is 16.3 Å². The first-order chi connectivity index (χ1) is 13.7. The maximum absolute atomic E-state index is 12.3. The Morgan fingerprint density at radius 1 is 1.04 bits per heavy atom. The molecular weight excluding hydrogens is 352 g/mol. The van der Waals surface area contributed by atoms with Gasteiger partial charge in [-0.05, 0) is 48.6 Å². The third-order valence-electron chi connectivity index (χ3n) is 6.15. The second-order valence-corrected chi connectivity index (χ2v) is 8.09. The third-order valence-corrected chi connectivity index (χ3v) is 6.15. The summed E-state index contributed by atoms with van der Waals surface area (Å²) in [6.07, 6.45) is 6.06. The number of ether oxygens (including phenoxy) is 1. The lowest BCUT2D eigenvalue weighted by Gasteiger charge is -2.41. The molecule has 2 fully saturated rings. The molecule has 2 aromatic rings. The first-order valence-corrected chi connectivity index (χ1v) is 10.5. The summed E-state index contributed by atoms with van der Waals surface area (Å²) >= 11 is 0. The van der Waals surface area contributed by atoms with Gasteiger partial charge in [0, 0.05) is 25.2 Å². The Morgan fingerprint density at radius 3 is 2.57 bits per heavy atom. The number of nitrogens with zero attached hydrogens (tertiary/aromatic N) is 1. The molecule has 2 atom stereocenters. The lowest BCUT2D eigenvalue weighted by atomic mass is 9.89. The van der Waals surface area contributed by atoms with Gasteiger partial charge in [0.1, 0.15) is 5.75 Å². The summed E-state index contributed by atoms with van der Waals surface area (Å²) in [4.78, 5) is 14.7. The fourth-order valence-electron chi connectivity index (χ4n) is 4.57. The Hall–Kier alpha value is -2.11. The summed E-state index contributed by atoms with van der Waals surface area (Å²) in [6.45, 7) is 1.93. The molecule has 1 saturated carbocycles. The zero-order valence-corrected chi connectivity index (χ0v) is 16.3. The molecule has 1 saturated heterocycles. The number of likely N-dealkylation sites (tertiary alicyclic amines) is 1. The maximum Gasteiger partial charge on any atom is 0.258 e. The number of carbonyl (C=O) groups excluding carboxylic acids is 1. The van der Waals surface area contributed by atoms with Crippen molar-refractivity contribution in [3.8, 4) is 5.75 Å². The van der Waals surface area contributed by atoms with Gasteiger partial charge in [0.15, 0.2) is 6.61 Å². The predicted octanol–water partition coefficient (Wildman–Crippen LogP) is 3.10. The number of fused-ring (bicyclic) bond motifs is 1. The molecule has 1 amide bonds. The normalized spacial score (nSPS) is 24.2. The van der Waals surface area contributed by atoms with E-state index >= 15 is 0 Å². The zero-order chi connectivity index (χ0) is 19.3. The van der Waals surface area contributed by atoms with Gasteiger partial charge in [-0.15, -0.1) is 0 Å². The average molecular weight is 383 g/mol. The van der Waals surface area contributed by atoms with Crippen molar-refractivity contribution in [1.82, 2.24) is 10.2 Å². The number of piperidine rings is 1. The van der Waals surface area contributed by atoms with Gasteiger partial charge < -0.3 is 15.2 Å². The van der Waals surface area contributed by atoms with Crippen LogP contribution in [0.3, 0.4) is 0 Å². The van der Waals surface area contributed by atoms with Crippen LogP contribution < -0.4 is 10.1 Å². The summed E-state index contributed by atoms with van der Waals surface area (Å²) in [5.74, 6) is 0.652. The molecule has 5 heteroatoms. The molecule has 2 aromatic carbocycles. The van der Waals surface area contributed by atoms with Crippen LogP contribution in [0.1, 0.15) is 38.5 Å². The Balaban J connectivity index is 1.22. The zero-order valence-electron chi connectivity index (χ0n) is 16.3. The number of hydrogen-bond acceptors (Lipinski definition) is 4. The molecule has 1 aliphatic heterocycles. The number of hydrogen-bond donors (Lipinski definition) is 2. The summed E-state index contributed by atoms with van der Waals surface area (Å²) in [5.41, 5.74) is 0. The van der Waals surface area contributed by atoms with Gasteiger partial charge in [-0.25, -0.2) is 0 Å². The molecule has 150 valence electrons. The van der Waals surface area contributed by atoms with Gasteiger partial charge in [0.05, 0.1) is 6.10 Å². The molecule has 0 bridgehead atoms. The molecule has 4 rings (SSSR count). The highest BCUT2D eigenvalue weighted by Gasteiger charge is 2.31. The minimum Gasteiger partial charge on any atom is -0.484 e. The molecule has 1 heterocycles. The number of amides is 1. The van der Waals surface area contributed by atoms with E-state index in [9.17, 15) is 9.90 Å². The molecule has 0 unspecified atom stereocenters. The van der Waals surface area contributed by atoms with Crippen LogP contribution in [-0.4, -0.2) is 53.8 Å². The Kier molecular flexibility index (Phi) is 6.13. The molecule has 0 aromatic heterocycles. The fraction of sp³-hybridized carbons (Fsp3) is 0.522. The highest BCUT2D eigenvalue weighted by molar-refractivity contribution is 5.84. The van der Waals surface area contributed by atoms with Crippen molar-refractivity contribution in [2.45, 2.75) is 56.7 Å². The van der Waals surface area contributed by atoms with Crippen LogP contribution in [0.2, 0.25) is 0 Å². The van der Waals surface area contributed by atoms with E-state index in [-0.39, 0.29) is 24.7 Å². The van der Waals surface area contributed by atoms with Crippen molar-refractivity contribution in [3.63, 3.8) is 0 Å². The van der Waals surface area contributed by atoms with Crippen molar-refractivity contribution in [3.05, 3.63) is 42.5 Å². The molecular formula is C23H30N2O3. The molecule has 0 spiro atoms. The van der Waals surface area contributed by atoms with E-state index in [1.54, 1.807) is 0 Å². The first-order valence-electron chi connectivity index (χ1n) is 10.5. The lowest BCUT2D eigenvalue weighted by molar-refractivity contribution is -0.124. The van der Waals surface area contributed by atoms with Crippen molar-refractivity contribution >= 4 is 16.7 Å². The van der Waals surface area contributed by atoms with Crippen LogP contribution in [0.15, 0.2) is 42.5 Å². The van der Waals surface area contributed by atoms with Gasteiger partial charge in [-0.3, -0.25) is 9.69 Å². The molecule has 2 N–H and O–H groups in total. The second kappa shape index (κ2) is 8.93. The Bertz CT molecular complexity index is 801. The van der Waals surface area contributed by atoms with Crippen LogP contribution in [0.25, 0.3) is 10.8 Å². The Labute approximate surface area is 166 Å². The largest absolute Gasteiger partial charge is 0.484 e. The van der Waals surface area contributed by atoms with E-state index in [4.69, 9.17) is 4.74 Å². The molecule has 2 aliphatic rings. The van der Waals surface area contributed by atoms with Crippen molar-refractivity contribution in [2.75, 3.05) is 19.7 Å². The smallest absolute Gasteiger partial charge is 0.258 e. The summed E-state index contributed by atoms with van der Waals surface area (Å²) in [6, 6.07) is 14.5. The Morgan fingerprint density at radius 2 is 1.79 bits per heavy atom. The number of benzene rings is 2. The maximum atomic E-state index is 12.3. The van der Waals surface area contributed by atoms with Gasteiger partial charge in [-0.2, -0.15) is 0 Å². The van der Waals surface area contributed by atoms with Crippen molar-refractivity contribution < 1.29 is 14.6 Å². The third kappa shape index (κ3) is 4.65. The SMILES string of the molecule is O=C(COc1ccc2ccccc2c1)NC1CCN([C@@H]2CCCC[C@H]2O)CC1. The van der Waals surface area contributed by atoms with E-state index in [1.807, 2.05) is 36.4 Å². The molecule has 0 radical (unpaired) electrons. The average Bonchev–Trinajstić information content (AvgIpc) is 2.73. The summed E-state index contributed by atoms with van der Waals surface area (Å²) < 4.78 is 5.69. The van der Waals surface area contributed by atoms with Crippen LogP contribution in [0, 0.1) is 0 Å². The summed E-state index contributed by atoms with van der Waals surface area (Å²) in [5, 5.41) is 15.6. The quantitative estimate of drug-likeness (QED) is 0.834. The predicted molar refractivity (Wildman–Crippen MR) is 110 cm³/mol. The van der Waals surface area contributed by atoms with Crippen molar-refractivity contribution in [2.24, 2.45) is 0 Å². The number of nitrogens with one attached hydrogen (secondary N) is 1. The number of aliphatic hydroxyl groups excluding tert-OH is 1. The van der Waals surface area contributed by atoms with Crippen LogP contribution in [0.4, 0.5) is 0 Å². The number of aliphatic hydroxyl groups is 1. The molecule has 5 nitrogen and oxygen atoms in total. The van der Waals surface area contributed by atoms with Gasteiger partial charge in [-0.1, -0.05) is 43.2 Å². The standard InChI is InChI=1S/C23H30N2O3/c26-22-8-4-3-7-21(22)25-13-11-19(12-14-25)24-23(27)16-28-20-10-9-17-5-1-2-6-18(17)15-20/h1-2,5-6,9-10,15,19,21-22,26H,3-4,7-8,11-14,16H2,(H,24,27)/t21-,22-/m1/s1. The van der Waals surface area contributed by atoms with Gasteiger partial charge >= 0.3 is 0 Å². The number of carbonyl (C=O) groups is 1. The van der Waals surface area contributed by atoms with E-state index in [0.29, 0.717) is 6.04 Å². The van der Waals surface area contributed by atoms with Crippen LogP contribution >= 0.6 is 0 Å². The highest BCUT2D eigenvalue weighted by atomic mass is 16.5.